The molecule has 0 bridgehead atoms. The van der Waals surface area contributed by atoms with E-state index >= 15 is 0 Å². The third-order valence-electron chi connectivity index (χ3n) is 2.26. The van der Waals surface area contributed by atoms with Gasteiger partial charge in [-0.1, -0.05) is 18.2 Å². The van der Waals surface area contributed by atoms with E-state index in [9.17, 15) is 9.59 Å². The zero-order valence-electron chi connectivity index (χ0n) is 9.74. The van der Waals surface area contributed by atoms with E-state index < -0.39 is 0 Å². The predicted octanol–water partition coefficient (Wildman–Crippen LogP) is 3.41. The van der Waals surface area contributed by atoms with Crippen LogP contribution in [0.3, 0.4) is 0 Å². The monoisotopic (exact) mass is 252 g/mol. The van der Waals surface area contributed by atoms with Crippen LogP contribution in [0.5, 0.6) is 11.5 Å². The first kappa shape index (κ1) is 12.5. The maximum Gasteiger partial charge on any atom is 0.240 e. The van der Waals surface area contributed by atoms with Crippen LogP contribution in [-0.2, 0) is 9.59 Å². The van der Waals surface area contributed by atoms with Crippen molar-refractivity contribution in [3.05, 3.63) is 48.5 Å². The summed E-state index contributed by atoms with van der Waals surface area (Å²) in [5, 5.41) is 0. The van der Waals surface area contributed by atoms with Gasteiger partial charge < -0.3 is 4.74 Å². The summed E-state index contributed by atoms with van der Waals surface area (Å²) in [4.78, 5) is 27.6. The number of carbonyl (C=O) groups excluding carboxylic acids is 2. The summed E-state index contributed by atoms with van der Waals surface area (Å²) in [7, 11) is 0. The van der Waals surface area contributed by atoms with E-state index in [-0.39, 0.29) is 0 Å². The summed E-state index contributed by atoms with van der Waals surface area (Å²) in [5.74, 6) is 0.892. The number of para-hydroxylation sites is 1. The molecule has 5 heteroatoms. The van der Waals surface area contributed by atoms with Gasteiger partial charge in [0.1, 0.15) is 11.4 Å². The normalized spacial score (nSPS) is 9.05. The molecule has 0 spiro atoms. The second kappa shape index (κ2) is 6.07. The molecule has 0 heterocycles. The van der Waals surface area contributed by atoms with Crippen LogP contribution in [-0.4, -0.2) is 12.2 Å². The zero-order chi connectivity index (χ0) is 13.5. The minimum atomic E-state index is 0.309. The van der Waals surface area contributed by atoms with Gasteiger partial charge in [0.25, 0.3) is 0 Å². The average molecular weight is 252 g/mol. The highest BCUT2D eigenvalue weighted by atomic mass is 16.5. The van der Waals surface area contributed by atoms with Gasteiger partial charge >= 0.3 is 0 Å². The number of hydrogen-bond acceptors (Lipinski definition) is 5. The first-order valence-corrected chi connectivity index (χ1v) is 5.36. The number of ether oxygens (including phenoxy) is 1. The summed E-state index contributed by atoms with van der Waals surface area (Å²) >= 11 is 0. The van der Waals surface area contributed by atoms with E-state index in [1.54, 1.807) is 12.1 Å². The zero-order valence-corrected chi connectivity index (χ0v) is 9.74. The molecule has 0 N–H and O–H groups in total. The lowest BCUT2D eigenvalue weighted by atomic mass is 10.2. The maximum absolute atomic E-state index is 10.4. The van der Waals surface area contributed by atoms with Crippen LogP contribution >= 0.6 is 0 Å². The van der Waals surface area contributed by atoms with Crippen molar-refractivity contribution in [2.24, 2.45) is 9.98 Å². The van der Waals surface area contributed by atoms with Gasteiger partial charge in [-0.25, -0.2) is 9.59 Å². The molecule has 92 valence electrons. The van der Waals surface area contributed by atoms with Crippen molar-refractivity contribution in [1.29, 1.82) is 0 Å². The third-order valence-corrected chi connectivity index (χ3v) is 2.26. The van der Waals surface area contributed by atoms with Gasteiger partial charge in [-0.2, -0.15) is 9.98 Å². The Balaban J connectivity index is 2.42. The molecule has 2 aromatic carbocycles. The van der Waals surface area contributed by atoms with Crippen LogP contribution in [0.4, 0.5) is 11.4 Å². The average Bonchev–Trinajstić information content (AvgIpc) is 2.43. The van der Waals surface area contributed by atoms with Crippen LogP contribution in [0.2, 0.25) is 0 Å². The van der Waals surface area contributed by atoms with Gasteiger partial charge in [0.15, 0.2) is 5.75 Å². The fourth-order valence-electron chi connectivity index (χ4n) is 1.46. The largest absolute Gasteiger partial charge is 0.455 e. The van der Waals surface area contributed by atoms with Crippen LogP contribution in [0.15, 0.2) is 58.5 Å². The third kappa shape index (κ3) is 3.23. The standard InChI is InChI=1S/C14H8N2O3/c17-9-15-11-6-7-13(16-10-18)14(8-11)19-12-4-2-1-3-5-12/h1-8H. The molecular weight excluding hydrogens is 244 g/mol. The van der Waals surface area contributed by atoms with Gasteiger partial charge in [0, 0.05) is 6.07 Å². The molecule has 19 heavy (non-hydrogen) atoms. The second-order valence-corrected chi connectivity index (χ2v) is 3.47. The molecule has 0 aliphatic heterocycles. The highest BCUT2D eigenvalue weighted by molar-refractivity contribution is 5.64. The van der Waals surface area contributed by atoms with Gasteiger partial charge in [-0.15, -0.1) is 0 Å². The van der Waals surface area contributed by atoms with Gasteiger partial charge in [0.2, 0.25) is 12.2 Å². The van der Waals surface area contributed by atoms with Crippen LogP contribution in [0.1, 0.15) is 0 Å². The Bertz CT molecular complexity index is 670. The number of aliphatic imine (C=N–C) groups is 2. The number of hydrogen-bond donors (Lipinski definition) is 0. The molecule has 2 aromatic rings. The van der Waals surface area contributed by atoms with E-state index in [0.29, 0.717) is 22.9 Å². The Labute approximate surface area is 108 Å². The number of isocyanates is 2. The molecule has 0 saturated heterocycles. The molecular formula is C14H8N2O3. The highest BCUT2D eigenvalue weighted by Gasteiger charge is 2.06. The molecule has 0 unspecified atom stereocenters. The number of nitrogens with zero attached hydrogens (tertiary/aromatic N) is 2. The lowest BCUT2D eigenvalue weighted by Gasteiger charge is -2.07. The molecule has 0 aliphatic rings. The fourth-order valence-corrected chi connectivity index (χ4v) is 1.46. The van der Waals surface area contributed by atoms with Crippen molar-refractivity contribution >= 4 is 23.5 Å². The van der Waals surface area contributed by atoms with Crippen LogP contribution in [0.25, 0.3) is 0 Å². The maximum atomic E-state index is 10.4. The Morgan fingerprint density at radius 1 is 0.895 bits per heavy atom. The van der Waals surface area contributed by atoms with Crippen molar-refractivity contribution in [1.82, 2.24) is 0 Å². The molecule has 5 nitrogen and oxygen atoms in total. The van der Waals surface area contributed by atoms with E-state index in [4.69, 9.17) is 4.74 Å². The van der Waals surface area contributed by atoms with Gasteiger partial charge in [-0.3, -0.25) is 0 Å². The molecule has 2 rings (SSSR count). The van der Waals surface area contributed by atoms with Crippen molar-refractivity contribution in [2.45, 2.75) is 0 Å². The summed E-state index contributed by atoms with van der Waals surface area (Å²) in [6, 6.07) is 13.5. The highest BCUT2D eigenvalue weighted by Crippen LogP contribution is 2.34. The van der Waals surface area contributed by atoms with Gasteiger partial charge in [0.05, 0.1) is 5.69 Å². The van der Waals surface area contributed by atoms with E-state index in [0.717, 1.165) is 0 Å². The Kier molecular flexibility index (Phi) is 3.98. The topological polar surface area (TPSA) is 68.1 Å². The Morgan fingerprint density at radius 2 is 1.63 bits per heavy atom. The molecule has 0 saturated carbocycles. The molecule has 0 fully saturated rings. The first-order valence-electron chi connectivity index (χ1n) is 5.36. The first-order chi connectivity index (χ1) is 9.33. The minimum absolute atomic E-state index is 0.309. The van der Waals surface area contributed by atoms with Crippen molar-refractivity contribution in [3.8, 4) is 11.5 Å². The van der Waals surface area contributed by atoms with E-state index in [2.05, 4.69) is 9.98 Å². The fraction of sp³-hybridized carbons (Fsp3) is 0. The number of benzene rings is 2. The summed E-state index contributed by atoms with van der Waals surface area (Å²) in [6.45, 7) is 0. The van der Waals surface area contributed by atoms with Gasteiger partial charge in [-0.05, 0) is 24.3 Å². The Hall–Kier alpha value is -3.00. The van der Waals surface area contributed by atoms with Crippen LogP contribution in [0, 0.1) is 0 Å². The summed E-state index contributed by atoms with van der Waals surface area (Å²) < 4.78 is 5.59. The smallest absolute Gasteiger partial charge is 0.240 e. The predicted molar refractivity (Wildman–Crippen MR) is 68.5 cm³/mol. The quantitative estimate of drug-likeness (QED) is 0.618. The lowest BCUT2D eigenvalue weighted by molar-refractivity contribution is 0.484. The molecule has 0 amide bonds. The number of rotatable bonds is 4. The molecule has 0 aromatic heterocycles. The van der Waals surface area contributed by atoms with E-state index in [1.165, 1.54) is 30.4 Å². The molecule has 0 aliphatic carbocycles. The summed E-state index contributed by atoms with van der Waals surface area (Å²) in [5.41, 5.74) is 0.675. The molecule has 0 radical (unpaired) electrons. The lowest BCUT2D eigenvalue weighted by Crippen LogP contribution is -1.84. The Morgan fingerprint density at radius 3 is 2.32 bits per heavy atom. The SMILES string of the molecule is O=C=Nc1ccc(N=C=O)c(Oc2ccccc2)c1. The van der Waals surface area contributed by atoms with Crippen LogP contribution < -0.4 is 4.74 Å². The van der Waals surface area contributed by atoms with Crippen molar-refractivity contribution in [2.75, 3.05) is 0 Å². The summed E-state index contributed by atoms with van der Waals surface area (Å²) in [6.07, 6.45) is 2.89. The van der Waals surface area contributed by atoms with Crippen molar-refractivity contribution < 1.29 is 14.3 Å². The van der Waals surface area contributed by atoms with Crippen molar-refractivity contribution in [3.63, 3.8) is 0 Å². The second-order valence-electron chi connectivity index (χ2n) is 3.47. The minimum Gasteiger partial charge on any atom is -0.455 e. The van der Waals surface area contributed by atoms with E-state index in [1.807, 2.05) is 18.2 Å². The molecule has 0 atom stereocenters.